The number of aryl methyl sites for hydroxylation is 1. The smallest absolute Gasteiger partial charge is 0.254 e. The molecule has 1 fully saturated rings. The molecule has 2 aromatic carbocycles. The lowest BCUT2D eigenvalue weighted by molar-refractivity contribution is -0.123. The first kappa shape index (κ1) is 22.4. The molecule has 154 valence electrons. The number of rotatable bonds is 7. The largest absolute Gasteiger partial charge is 0.487 e. The number of amides is 1. The summed E-state index contributed by atoms with van der Waals surface area (Å²) in [6, 6.07) is 12.3. The molecule has 1 aliphatic rings. The van der Waals surface area contributed by atoms with Crippen LogP contribution < -0.4 is 10.2 Å². The Bertz CT molecular complexity index is 843. The zero-order chi connectivity index (χ0) is 20.6. The number of halogens is 2. The van der Waals surface area contributed by atoms with Gasteiger partial charge in [-0.3, -0.25) is 9.69 Å². The molecule has 1 aliphatic heterocycles. The van der Waals surface area contributed by atoms with Gasteiger partial charge in [0, 0.05) is 13.1 Å². The third kappa shape index (κ3) is 7.19. The number of nitrogens with zero attached hydrogens (tertiary/aromatic N) is 2. The molecule has 6 nitrogen and oxygen atoms in total. The molecule has 0 atom stereocenters. The summed E-state index contributed by atoms with van der Waals surface area (Å²) in [7, 11) is 0. The van der Waals surface area contributed by atoms with Crippen LogP contribution in [0.25, 0.3) is 0 Å². The fraction of sp³-hybridized carbons (Fsp3) is 0.333. The number of nitrogens with one attached hydrogen (secondary N) is 1. The zero-order valence-corrected chi connectivity index (χ0v) is 20.5. The average Bonchev–Trinajstić information content (AvgIpc) is 2.69. The van der Waals surface area contributed by atoms with Crippen molar-refractivity contribution in [3.63, 3.8) is 0 Å². The Morgan fingerprint density at radius 1 is 1.21 bits per heavy atom. The summed E-state index contributed by atoms with van der Waals surface area (Å²) >= 11 is 4.53. The van der Waals surface area contributed by atoms with E-state index in [0.29, 0.717) is 26.4 Å². The highest BCUT2D eigenvalue weighted by Gasteiger charge is 2.13. The molecule has 0 bridgehead atoms. The van der Waals surface area contributed by atoms with Gasteiger partial charge in [0.25, 0.3) is 5.91 Å². The predicted molar refractivity (Wildman–Crippen MR) is 130 cm³/mol. The molecule has 0 aliphatic carbocycles. The second kappa shape index (κ2) is 11.2. The second-order valence-corrected chi connectivity index (χ2v) is 9.09. The summed E-state index contributed by atoms with van der Waals surface area (Å²) in [5.74, 6) is 0.742. The average molecular weight is 619 g/mol. The van der Waals surface area contributed by atoms with Crippen molar-refractivity contribution in [3.8, 4) is 5.75 Å². The Kier molecular flexibility index (Phi) is 8.69. The first-order valence-corrected chi connectivity index (χ1v) is 11.5. The molecular formula is C21H23I2N3O3. The number of carbonyl (C=O) groups is 1. The molecule has 8 heteroatoms. The van der Waals surface area contributed by atoms with Crippen LogP contribution in [0.3, 0.4) is 0 Å². The van der Waals surface area contributed by atoms with Crippen LogP contribution in [0.5, 0.6) is 5.75 Å². The zero-order valence-electron chi connectivity index (χ0n) is 16.2. The second-order valence-electron chi connectivity index (χ2n) is 6.77. The molecule has 3 rings (SSSR count). The number of hydrogen-bond acceptors (Lipinski definition) is 5. The Labute approximate surface area is 198 Å². The van der Waals surface area contributed by atoms with Crippen LogP contribution in [0.15, 0.2) is 41.5 Å². The molecule has 1 saturated heterocycles. The molecule has 2 aromatic rings. The highest BCUT2D eigenvalue weighted by molar-refractivity contribution is 14.1. The molecule has 0 unspecified atom stereocenters. The number of benzene rings is 2. The normalized spacial score (nSPS) is 14.9. The van der Waals surface area contributed by atoms with Gasteiger partial charge in [-0.15, -0.1) is 0 Å². The topological polar surface area (TPSA) is 63.2 Å². The van der Waals surface area contributed by atoms with Crippen molar-refractivity contribution in [3.05, 3.63) is 60.2 Å². The molecule has 1 N–H and O–H groups in total. The van der Waals surface area contributed by atoms with Gasteiger partial charge in [-0.1, -0.05) is 29.8 Å². The van der Waals surface area contributed by atoms with Crippen LogP contribution in [0.2, 0.25) is 0 Å². The third-order valence-electron chi connectivity index (χ3n) is 4.40. The molecule has 29 heavy (non-hydrogen) atoms. The van der Waals surface area contributed by atoms with E-state index in [0.717, 1.165) is 37.1 Å². The van der Waals surface area contributed by atoms with Crippen LogP contribution >= 0.6 is 45.2 Å². The van der Waals surface area contributed by atoms with Crippen LogP contribution in [-0.4, -0.2) is 49.9 Å². The third-order valence-corrected chi connectivity index (χ3v) is 6.00. The first-order chi connectivity index (χ1) is 14.0. The lowest BCUT2D eigenvalue weighted by atomic mass is 10.2. The quantitative estimate of drug-likeness (QED) is 0.293. The van der Waals surface area contributed by atoms with Gasteiger partial charge in [-0.05, 0) is 75.4 Å². The monoisotopic (exact) mass is 619 g/mol. The van der Waals surface area contributed by atoms with Crippen LogP contribution in [0.1, 0.15) is 16.7 Å². The number of hydrazone groups is 1. The van der Waals surface area contributed by atoms with E-state index in [2.05, 4.69) is 91.8 Å². The van der Waals surface area contributed by atoms with E-state index in [1.807, 2.05) is 12.1 Å². The van der Waals surface area contributed by atoms with E-state index in [4.69, 9.17) is 9.47 Å². The number of ether oxygens (including phenoxy) is 2. The van der Waals surface area contributed by atoms with Gasteiger partial charge < -0.3 is 9.47 Å². The minimum atomic E-state index is -0.120. The van der Waals surface area contributed by atoms with E-state index >= 15 is 0 Å². The maximum atomic E-state index is 12.0. The minimum Gasteiger partial charge on any atom is -0.487 e. The van der Waals surface area contributed by atoms with Gasteiger partial charge >= 0.3 is 0 Å². The van der Waals surface area contributed by atoms with Crippen molar-refractivity contribution < 1.29 is 14.3 Å². The van der Waals surface area contributed by atoms with Crippen molar-refractivity contribution in [1.82, 2.24) is 10.3 Å². The van der Waals surface area contributed by atoms with Gasteiger partial charge in [0.2, 0.25) is 0 Å². The Balaban J connectivity index is 1.54. The van der Waals surface area contributed by atoms with Crippen LogP contribution in [0, 0.1) is 14.1 Å². The van der Waals surface area contributed by atoms with Gasteiger partial charge in [0.15, 0.2) is 0 Å². The highest BCUT2D eigenvalue weighted by atomic mass is 127. The fourth-order valence-corrected chi connectivity index (χ4v) is 4.94. The molecule has 0 spiro atoms. The van der Waals surface area contributed by atoms with Crippen molar-refractivity contribution >= 4 is 57.3 Å². The van der Waals surface area contributed by atoms with Crippen molar-refractivity contribution in [2.75, 3.05) is 32.8 Å². The summed E-state index contributed by atoms with van der Waals surface area (Å²) in [6.07, 6.45) is 1.66. The lowest BCUT2D eigenvalue weighted by Gasteiger charge is -2.25. The summed E-state index contributed by atoms with van der Waals surface area (Å²) < 4.78 is 13.3. The van der Waals surface area contributed by atoms with E-state index in [9.17, 15) is 4.79 Å². The maximum Gasteiger partial charge on any atom is 0.254 e. The number of hydrogen-bond donors (Lipinski definition) is 1. The predicted octanol–water partition coefficient (Wildman–Crippen LogP) is 3.57. The highest BCUT2D eigenvalue weighted by Crippen LogP contribution is 2.29. The Morgan fingerprint density at radius 2 is 1.86 bits per heavy atom. The van der Waals surface area contributed by atoms with E-state index in [-0.39, 0.29) is 5.91 Å². The molecule has 0 saturated carbocycles. The number of morpholine rings is 1. The van der Waals surface area contributed by atoms with Gasteiger partial charge in [-0.2, -0.15) is 5.10 Å². The summed E-state index contributed by atoms with van der Waals surface area (Å²) in [5.41, 5.74) is 5.88. The molecule has 1 heterocycles. The molecule has 0 radical (unpaired) electrons. The lowest BCUT2D eigenvalue weighted by Crippen LogP contribution is -2.42. The van der Waals surface area contributed by atoms with Gasteiger partial charge in [0.05, 0.1) is 33.1 Å². The van der Waals surface area contributed by atoms with Gasteiger partial charge in [-0.25, -0.2) is 5.43 Å². The Hall–Kier alpha value is -1.24. The van der Waals surface area contributed by atoms with Crippen molar-refractivity contribution in [2.45, 2.75) is 13.5 Å². The van der Waals surface area contributed by atoms with E-state index in [1.165, 1.54) is 5.56 Å². The SMILES string of the molecule is Cc1ccc(COc2c(I)cc(/C=N/NC(=O)CN3CCOCC3)cc2I)cc1. The van der Waals surface area contributed by atoms with E-state index < -0.39 is 0 Å². The van der Waals surface area contributed by atoms with Crippen molar-refractivity contribution in [1.29, 1.82) is 0 Å². The molecule has 1 amide bonds. The minimum absolute atomic E-state index is 0.120. The van der Waals surface area contributed by atoms with Crippen LogP contribution in [-0.2, 0) is 16.1 Å². The molecule has 0 aromatic heterocycles. The summed E-state index contributed by atoms with van der Waals surface area (Å²) in [5, 5.41) is 4.09. The Morgan fingerprint density at radius 3 is 2.52 bits per heavy atom. The first-order valence-electron chi connectivity index (χ1n) is 9.30. The van der Waals surface area contributed by atoms with E-state index in [1.54, 1.807) is 6.21 Å². The summed E-state index contributed by atoms with van der Waals surface area (Å²) in [6.45, 7) is 5.83. The van der Waals surface area contributed by atoms with Gasteiger partial charge in [0.1, 0.15) is 12.4 Å². The van der Waals surface area contributed by atoms with Crippen LogP contribution in [0.4, 0.5) is 0 Å². The fourth-order valence-electron chi connectivity index (χ4n) is 2.81. The standard InChI is InChI=1S/C21H23I2N3O3/c1-15-2-4-16(5-3-15)14-29-21-18(22)10-17(11-19(21)23)12-24-25-20(27)13-26-6-8-28-9-7-26/h2-5,10-12H,6-9,13-14H2,1H3,(H,25,27)/b24-12+. The number of carbonyl (C=O) groups excluding carboxylic acids is 1. The molecular weight excluding hydrogens is 596 g/mol. The van der Waals surface area contributed by atoms with Crippen molar-refractivity contribution in [2.24, 2.45) is 5.10 Å². The summed E-state index contributed by atoms with van der Waals surface area (Å²) in [4.78, 5) is 14.1. The maximum absolute atomic E-state index is 12.0.